The SMILES string of the molecule is CC(C)N1C(N)=NCC1(C)c1ccc(Br)cc1F. The first-order valence-corrected chi connectivity index (χ1v) is 6.70. The van der Waals surface area contributed by atoms with Gasteiger partial charge in [-0.2, -0.15) is 0 Å². The van der Waals surface area contributed by atoms with Gasteiger partial charge in [-0.25, -0.2) is 4.39 Å². The Kier molecular flexibility index (Phi) is 3.36. The first-order valence-electron chi connectivity index (χ1n) is 5.91. The van der Waals surface area contributed by atoms with E-state index in [-0.39, 0.29) is 11.9 Å². The molecule has 0 saturated heterocycles. The summed E-state index contributed by atoms with van der Waals surface area (Å²) in [4.78, 5) is 6.25. The van der Waals surface area contributed by atoms with Crippen molar-refractivity contribution in [1.29, 1.82) is 0 Å². The van der Waals surface area contributed by atoms with E-state index in [9.17, 15) is 4.39 Å². The van der Waals surface area contributed by atoms with Crippen LogP contribution in [0.4, 0.5) is 4.39 Å². The van der Waals surface area contributed by atoms with E-state index in [1.54, 1.807) is 6.07 Å². The molecule has 98 valence electrons. The van der Waals surface area contributed by atoms with Gasteiger partial charge in [0.1, 0.15) is 5.82 Å². The minimum Gasteiger partial charge on any atom is -0.370 e. The summed E-state index contributed by atoms with van der Waals surface area (Å²) in [5.41, 5.74) is 6.03. The van der Waals surface area contributed by atoms with Gasteiger partial charge in [0.05, 0.1) is 12.1 Å². The monoisotopic (exact) mass is 313 g/mol. The molecule has 5 heteroatoms. The van der Waals surface area contributed by atoms with Crippen LogP contribution in [0.25, 0.3) is 0 Å². The van der Waals surface area contributed by atoms with E-state index in [0.29, 0.717) is 18.1 Å². The van der Waals surface area contributed by atoms with E-state index in [0.717, 1.165) is 4.47 Å². The second kappa shape index (κ2) is 4.53. The van der Waals surface area contributed by atoms with Crippen molar-refractivity contribution in [1.82, 2.24) is 4.90 Å². The molecule has 1 aromatic carbocycles. The minimum absolute atomic E-state index is 0.171. The van der Waals surface area contributed by atoms with Gasteiger partial charge in [0, 0.05) is 16.1 Å². The van der Waals surface area contributed by atoms with Crippen LogP contribution in [0.5, 0.6) is 0 Å². The Bertz CT molecular complexity index is 501. The average molecular weight is 314 g/mol. The molecule has 1 aliphatic heterocycles. The molecule has 3 nitrogen and oxygen atoms in total. The zero-order chi connectivity index (χ0) is 13.5. The summed E-state index contributed by atoms with van der Waals surface area (Å²) in [5, 5.41) is 0. The predicted molar refractivity (Wildman–Crippen MR) is 74.9 cm³/mol. The van der Waals surface area contributed by atoms with Gasteiger partial charge in [0.2, 0.25) is 0 Å². The molecular weight excluding hydrogens is 297 g/mol. The van der Waals surface area contributed by atoms with Crippen LogP contribution in [0, 0.1) is 5.82 Å². The summed E-state index contributed by atoms with van der Waals surface area (Å²) in [7, 11) is 0. The van der Waals surface area contributed by atoms with Crippen LogP contribution in [0.15, 0.2) is 27.7 Å². The van der Waals surface area contributed by atoms with E-state index in [1.165, 1.54) is 6.07 Å². The van der Waals surface area contributed by atoms with E-state index in [2.05, 4.69) is 20.9 Å². The lowest BCUT2D eigenvalue weighted by Gasteiger charge is -2.39. The lowest BCUT2D eigenvalue weighted by molar-refractivity contribution is 0.180. The van der Waals surface area contributed by atoms with Crippen molar-refractivity contribution in [2.45, 2.75) is 32.4 Å². The van der Waals surface area contributed by atoms with Crippen molar-refractivity contribution in [2.75, 3.05) is 6.54 Å². The smallest absolute Gasteiger partial charge is 0.192 e. The lowest BCUT2D eigenvalue weighted by atomic mass is 9.89. The van der Waals surface area contributed by atoms with Crippen LogP contribution < -0.4 is 5.73 Å². The molecule has 0 amide bonds. The Labute approximate surface area is 115 Å². The molecule has 0 saturated carbocycles. The van der Waals surface area contributed by atoms with Crippen molar-refractivity contribution < 1.29 is 4.39 Å². The van der Waals surface area contributed by atoms with Gasteiger partial charge in [-0.3, -0.25) is 4.99 Å². The third-order valence-corrected chi connectivity index (χ3v) is 3.85. The maximum atomic E-state index is 14.2. The highest BCUT2D eigenvalue weighted by Gasteiger charge is 2.42. The molecule has 1 aliphatic rings. The van der Waals surface area contributed by atoms with Crippen LogP contribution in [-0.2, 0) is 5.54 Å². The molecule has 18 heavy (non-hydrogen) atoms. The quantitative estimate of drug-likeness (QED) is 0.912. The number of rotatable bonds is 2. The molecule has 0 aromatic heterocycles. The van der Waals surface area contributed by atoms with Crippen molar-refractivity contribution in [3.63, 3.8) is 0 Å². The molecule has 0 fully saturated rings. The number of hydrogen-bond donors (Lipinski definition) is 1. The fourth-order valence-electron chi connectivity index (χ4n) is 2.62. The van der Waals surface area contributed by atoms with Crippen molar-refractivity contribution in [3.8, 4) is 0 Å². The number of benzene rings is 1. The average Bonchev–Trinajstić information content (AvgIpc) is 2.55. The van der Waals surface area contributed by atoms with Gasteiger partial charge in [0.25, 0.3) is 0 Å². The van der Waals surface area contributed by atoms with Gasteiger partial charge in [-0.1, -0.05) is 22.0 Å². The largest absolute Gasteiger partial charge is 0.370 e. The zero-order valence-corrected chi connectivity index (χ0v) is 12.3. The molecule has 1 atom stereocenters. The molecule has 1 heterocycles. The summed E-state index contributed by atoms with van der Waals surface area (Å²) >= 11 is 3.27. The first-order chi connectivity index (χ1) is 8.36. The molecular formula is C13H17BrFN3. The van der Waals surface area contributed by atoms with Gasteiger partial charge >= 0.3 is 0 Å². The molecule has 0 spiro atoms. The van der Waals surface area contributed by atoms with E-state index < -0.39 is 5.54 Å². The fraction of sp³-hybridized carbons (Fsp3) is 0.462. The lowest BCUT2D eigenvalue weighted by Crippen LogP contribution is -2.51. The van der Waals surface area contributed by atoms with Crippen LogP contribution in [0.3, 0.4) is 0 Å². The second-order valence-corrected chi connectivity index (χ2v) is 5.95. The molecule has 0 radical (unpaired) electrons. The van der Waals surface area contributed by atoms with Crippen molar-refractivity contribution in [2.24, 2.45) is 10.7 Å². The Morgan fingerprint density at radius 3 is 2.72 bits per heavy atom. The van der Waals surface area contributed by atoms with Crippen molar-refractivity contribution in [3.05, 3.63) is 34.1 Å². The highest BCUT2D eigenvalue weighted by molar-refractivity contribution is 9.10. The molecule has 1 unspecified atom stereocenters. The van der Waals surface area contributed by atoms with E-state index in [4.69, 9.17) is 5.73 Å². The Morgan fingerprint density at radius 1 is 1.50 bits per heavy atom. The van der Waals surface area contributed by atoms with E-state index in [1.807, 2.05) is 31.7 Å². The number of aliphatic imine (C=N–C) groups is 1. The molecule has 2 rings (SSSR count). The van der Waals surface area contributed by atoms with Gasteiger partial charge in [-0.15, -0.1) is 0 Å². The maximum Gasteiger partial charge on any atom is 0.192 e. The molecule has 0 aliphatic carbocycles. The van der Waals surface area contributed by atoms with Crippen LogP contribution >= 0.6 is 15.9 Å². The fourth-order valence-corrected chi connectivity index (χ4v) is 2.95. The second-order valence-electron chi connectivity index (χ2n) is 5.04. The predicted octanol–water partition coefficient (Wildman–Crippen LogP) is 2.84. The number of halogens is 2. The topological polar surface area (TPSA) is 41.6 Å². The summed E-state index contributed by atoms with van der Waals surface area (Å²) < 4.78 is 14.9. The van der Waals surface area contributed by atoms with Crippen LogP contribution in [0.1, 0.15) is 26.3 Å². The minimum atomic E-state index is -0.511. The molecule has 2 N–H and O–H groups in total. The maximum absolute atomic E-state index is 14.2. The normalized spacial score (nSPS) is 23.7. The van der Waals surface area contributed by atoms with Crippen molar-refractivity contribution >= 4 is 21.9 Å². The summed E-state index contributed by atoms with van der Waals surface area (Å²) in [6.07, 6.45) is 0. The van der Waals surface area contributed by atoms with Gasteiger partial charge in [0.15, 0.2) is 5.96 Å². The van der Waals surface area contributed by atoms with Gasteiger partial charge in [-0.05, 0) is 32.9 Å². The summed E-state index contributed by atoms with van der Waals surface area (Å²) in [6, 6.07) is 5.29. The highest BCUT2D eigenvalue weighted by atomic mass is 79.9. The Morgan fingerprint density at radius 2 is 2.17 bits per heavy atom. The van der Waals surface area contributed by atoms with E-state index >= 15 is 0 Å². The van der Waals surface area contributed by atoms with Crippen LogP contribution in [0.2, 0.25) is 0 Å². The van der Waals surface area contributed by atoms with Crippen LogP contribution in [-0.4, -0.2) is 23.4 Å². The molecule has 0 bridgehead atoms. The Balaban J connectivity index is 2.48. The number of guanidine groups is 1. The van der Waals surface area contributed by atoms with Gasteiger partial charge < -0.3 is 10.6 Å². The number of nitrogens with two attached hydrogens (primary N) is 1. The Hall–Kier alpha value is -1.10. The highest BCUT2D eigenvalue weighted by Crippen LogP contribution is 2.36. The summed E-state index contributed by atoms with van der Waals surface area (Å²) in [6.45, 7) is 6.52. The number of hydrogen-bond acceptors (Lipinski definition) is 3. The number of nitrogens with zero attached hydrogens (tertiary/aromatic N) is 2. The molecule has 1 aromatic rings. The first kappa shape index (κ1) is 13.3. The third-order valence-electron chi connectivity index (χ3n) is 3.36. The zero-order valence-electron chi connectivity index (χ0n) is 10.7. The third kappa shape index (κ3) is 2.00. The standard InChI is InChI=1S/C13H17BrFN3/c1-8(2)18-12(16)17-7-13(18,3)10-5-4-9(14)6-11(10)15/h4-6,8H,7H2,1-3H3,(H2,16,17). The summed E-state index contributed by atoms with van der Waals surface area (Å²) in [5.74, 6) is 0.247.